The van der Waals surface area contributed by atoms with Gasteiger partial charge in [0.25, 0.3) is 5.91 Å². The molecular formula is C16H16ClN3O3. The van der Waals surface area contributed by atoms with E-state index >= 15 is 0 Å². The summed E-state index contributed by atoms with van der Waals surface area (Å²) >= 11 is 6.18. The molecule has 0 saturated heterocycles. The summed E-state index contributed by atoms with van der Waals surface area (Å²) in [5.41, 5.74) is 9.44. The smallest absolute Gasteiger partial charge is 0.255 e. The third-order valence-corrected chi connectivity index (χ3v) is 3.15. The van der Waals surface area contributed by atoms with Crippen molar-refractivity contribution < 1.29 is 14.3 Å². The van der Waals surface area contributed by atoms with Crippen LogP contribution in [0.25, 0.3) is 0 Å². The Morgan fingerprint density at radius 2 is 2.04 bits per heavy atom. The van der Waals surface area contributed by atoms with E-state index in [0.717, 1.165) is 5.69 Å². The van der Waals surface area contributed by atoms with Crippen LogP contribution in [0, 0.1) is 0 Å². The van der Waals surface area contributed by atoms with Crippen LogP contribution in [0.5, 0.6) is 11.5 Å². The van der Waals surface area contributed by atoms with Crippen LogP contribution in [0.4, 0.5) is 5.69 Å². The van der Waals surface area contributed by atoms with Gasteiger partial charge in [0.15, 0.2) is 18.1 Å². The van der Waals surface area contributed by atoms with Gasteiger partial charge in [-0.2, -0.15) is 5.10 Å². The van der Waals surface area contributed by atoms with Crippen molar-refractivity contribution in [1.29, 1.82) is 0 Å². The molecule has 0 fully saturated rings. The summed E-state index contributed by atoms with van der Waals surface area (Å²) in [5.74, 6) is 0.183. The van der Waals surface area contributed by atoms with Crippen LogP contribution < -0.4 is 20.6 Å². The van der Waals surface area contributed by atoms with Crippen molar-refractivity contribution in [2.24, 2.45) is 10.8 Å². The Balaban J connectivity index is 2.14. The van der Waals surface area contributed by atoms with E-state index in [-0.39, 0.29) is 6.61 Å². The van der Waals surface area contributed by atoms with Gasteiger partial charge in [-0.15, -0.1) is 0 Å². The van der Waals surface area contributed by atoms with Gasteiger partial charge in [0.05, 0.1) is 24.0 Å². The molecule has 0 atom stereocenters. The summed E-state index contributed by atoms with van der Waals surface area (Å²) in [4.78, 5) is 10.8. The van der Waals surface area contributed by atoms with Gasteiger partial charge in [-0.3, -0.25) is 10.2 Å². The number of ether oxygens (including phenoxy) is 2. The maximum absolute atomic E-state index is 10.8. The fraction of sp³-hybridized carbons (Fsp3) is 0.125. The summed E-state index contributed by atoms with van der Waals surface area (Å²) in [6.07, 6.45) is 1.57. The average Bonchev–Trinajstić information content (AvgIpc) is 2.55. The molecule has 0 heterocycles. The Hall–Kier alpha value is -2.73. The molecule has 2 aromatic carbocycles. The number of hydrazone groups is 1. The molecule has 7 heteroatoms. The molecule has 6 nitrogen and oxygen atoms in total. The molecule has 0 aliphatic rings. The predicted molar refractivity (Wildman–Crippen MR) is 90.4 cm³/mol. The van der Waals surface area contributed by atoms with E-state index in [1.54, 1.807) is 18.3 Å². The number of amides is 1. The molecule has 2 aromatic rings. The summed E-state index contributed by atoms with van der Waals surface area (Å²) in [6.45, 7) is -0.254. The highest BCUT2D eigenvalue weighted by molar-refractivity contribution is 6.33. The van der Waals surface area contributed by atoms with Crippen molar-refractivity contribution >= 4 is 29.4 Å². The van der Waals surface area contributed by atoms with Crippen LogP contribution in [-0.2, 0) is 4.79 Å². The quantitative estimate of drug-likeness (QED) is 0.602. The Labute approximate surface area is 138 Å². The molecule has 23 heavy (non-hydrogen) atoms. The maximum Gasteiger partial charge on any atom is 0.255 e. The van der Waals surface area contributed by atoms with Gasteiger partial charge in [-0.1, -0.05) is 29.8 Å². The van der Waals surface area contributed by atoms with E-state index in [9.17, 15) is 4.79 Å². The van der Waals surface area contributed by atoms with Crippen molar-refractivity contribution in [1.82, 2.24) is 0 Å². The highest BCUT2D eigenvalue weighted by Crippen LogP contribution is 2.32. The van der Waals surface area contributed by atoms with Gasteiger partial charge in [0.2, 0.25) is 0 Å². The van der Waals surface area contributed by atoms with Crippen molar-refractivity contribution in [3.8, 4) is 11.5 Å². The second-order valence-electron chi connectivity index (χ2n) is 4.52. The number of rotatable bonds is 7. The number of primary amides is 1. The highest BCUT2D eigenvalue weighted by Gasteiger charge is 2.10. The van der Waals surface area contributed by atoms with Crippen molar-refractivity contribution in [2.45, 2.75) is 0 Å². The normalized spacial score (nSPS) is 10.5. The van der Waals surface area contributed by atoms with E-state index in [1.165, 1.54) is 7.11 Å². The van der Waals surface area contributed by atoms with Gasteiger partial charge < -0.3 is 15.2 Å². The molecule has 0 spiro atoms. The number of anilines is 1. The molecule has 0 unspecified atom stereocenters. The molecule has 0 radical (unpaired) electrons. The van der Waals surface area contributed by atoms with E-state index in [0.29, 0.717) is 22.1 Å². The zero-order chi connectivity index (χ0) is 16.7. The number of carbonyl (C=O) groups is 1. The summed E-state index contributed by atoms with van der Waals surface area (Å²) < 4.78 is 10.5. The van der Waals surface area contributed by atoms with E-state index in [2.05, 4.69) is 10.5 Å². The largest absolute Gasteiger partial charge is 0.493 e. The second-order valence-corrected chi connectivity index (χ2v) is 4.92. The zero-order valence-corrected chi connectivity index (χ0v) is 13.2. The molecule has 3 N–H and O–H groups in total. The molecule has 0 bridgehead atoms. The fourth-order valence-electron chi connectivity index (χ4n) is 1.76. The number of benzene rings is 2. The monoisotopic (exact) mass is 333 g/mol. The lowest BCUT2D eigenvalue weighted by Crippen LogP contribution is -2.20. The molecular weight excluding hydrogens is 318 g/mol. The van der Waals surface area contributed by atoms with Gasteiger partial charge in [-0.05, 0) is 18.2 Å². The van der Waals surface area contributed by atoms with Gasteiger partial charge >= 0.3 is 0 Å². The average molecular weight is 334 g/mol. The summed E-state index contributed by atoms with van der Waals surface area (Å²) in [7, 11) is 1.49. The summed E-state index contributed by atoms with van der Waals surface area (Å²) in [6, 6.07) is 12.7. The first-order chi connectivity index (χ1) is 11.1. The van der Waals surface area contributed by atoms with E-state index < -0.39 is 5.91 Å². The molecule has 0 aromatic heterocycles. The van der Waals surface area contributed by atoms with Crippen LogP contribution in [0.1, 0.15) is 5.56 Å². The standard InChI is InChI=1S/C16H16ClN3O3/c1-22-14-7-11(9-19-20-12-5-3-2-4-6-12)13(17)8-15(14)23-10-16(18)21/h2-9,20H,10H2,1H3,(H2,18,21). The second kappa shape index (κ2) is 8.05. The first-order valence-corrected chi connectivity index (χ1v) is 7.10. The number of nitrogens with two attached hydrogens (primary N) is 1. The molecule has 2 rings (SSSR count). The minimum absolute atomic E-state index is 0.254. The number of nitrogens with one attached hydrogen (secondary N) is 1. The number of carbonyl (C=O) groups excluding carboxylic acids is 1. The molecule has 0 aliphatic heterocycles. The maximum atomic E-state index is 10.8. The van der Waals surface area contributed by atoms with Crippen LogP contribution in [0.15, 0.2) is 47.6 Å². The third kappa shape index (κ3) is 4.89. The molecule has 1 amide bonds. The lowest BCUT2D eigenvalue weighted by molar-refractivity contribution is -0.119. The number of hydrogen-bond donors (Lipinski definition) is 2. The number of halogens is 1. The Kier molecular flexibility index (Phi) is 5.82. The number of para-hydroxylation sites is 1. The minimum atomic E-state index is -0.583. The third-order valence-electron chi connectivity index (χ3n) is 2.82. The van der Waals surface area contributed by atoms with Crippen LogP contribution in [-0.4, -0.2) is 25.8 Å². The Morgan fingerprint density at radius 3 is 2.70 bits per heavy atom. The fourth-order valence-corrected chi connectivity index (χ4v) is 1.96. The Morgan fingerprint density at radius 1 is 1.30 bits per heavy atom. The van der Waals surface area contributed by atoms with E-state index in [4.69, 9.17) is 26.8 Å². The van der Waals surface area contributed by atoms with Crippen LogP contribution in [0.2, 0.25) is 5.02 Å². The van der Waals surface area contributed by atoms with E-state index in [1.807, 2.05) is 30.3 Å². The van der Waals surface area contributed by atoms with Crippen LogP contribution in [0.3, 0.4) is 0 Å². The highest BCUT2D eigenvalue weighted by atomic mass is 35.5. The van der Waals surface area contributed by atoms with Crippen molar-refractivity contribution in [2.75, 3.05) is 19.1 Å². The number of nitrogens with zero attached hydrogens (tertiary/aromatic N) is 1. The molecule has 0 saturated carbocycles. The van der Waals surface area contributed by atoms with Gasteiger partial charge in [0.1, 0.15) is 0 Å². The topological polar surface area (TPSA) is 85.9 Å². The summed E-state index contributed by atoms with van der Waals surface area (Å²) in [5, 5.41) is 4.53. The lowest BCUT2D eigenvalue weighted by atomic mass is 10.2. The molecule has 120 valence electrons. The predicted octanol–water partition coefficient (Wildman–Crippen LogP) is 2.66. The number of methoxy groups -OCH3 is 1. The van der Waals surface area contributed by atoms with Gasteiger partial charge in [0, 0.05) is 11.6 Å². The SMILES string of the molecule is COc1cc(C=NNc2ccccc2)c(Cl)cc1OCC(N)=O. The van der Waals surface area contributed by atoms with Crippen molar-refractivity contribution in [3.63, 3.8) is 0 Å². The first-order valence-electron chi connectivity index (χ1n) is 6.73. The minimum Gasteiger partial charge on any atom is -0.493 e. The zero-order valence-electron chi connectivity index (χ0n) is 12.5. The van der Waals surface area contributed by atoms with Crippen molar-refractivity contribution in [3.05, 3.63) is 53.1 Å². The molecule has 0 aliphatic carbocycles. The lowest BCUT2D eigenvalue weighted by Gasteiger charge is -2.11. The van der Waals surface area contributed by atoms with Gasteiger partial charge in [-0.25, -0.2) is 0 Å². The number of hydrogen-bond acceptors (Lipinski definition) is 5. The Bertz CT molecular complexity index is 705. The first kappa shape index (κ1) is 16.6. The van der Waals surface area contributed by atoms with Crippen LogP contribution >= 0.6 is 11.6 Å².